The van der Waals surface area contributed by atoms with E-state index in [9.17, 15) is 0 Å². The number of hydrogen-bond donors (Lipinski definition) is 1. The Morgan fingerprint density at radius 1 is 1.00 bits per heavy atom. The molecule has 3 rings (SSSR count). The number of halogens is 1. The Morgan fingerprint density at radius 3 is 2.40 bits per heavy atom. The van der Waals surface area contributed by atoms with Crippen LogP contribution in [-0.2, 0) is 0 Å². The van der Waals surface area contributed by atoms with E-state index >= 15 is 0 Å². The number of nitrogens with one attached hydrogen (secondary N) is 1. The van der Waals surface area contributed by atoms with E-state index in [1.807, 2.05) is 0 Å². The summed E-state index contributed by atoms with van der Waals surface area (Å²) in [7, 11) is 0. The lowest BCUT2D eigenvalue weighted by atomic mass is 9.75. The zero-order chi connectivity index (χ0) is 14.2. The first kappa shape index (κ1) is 13.9. The highest BCUT2D eigenvalue weighted by Crippen LogP contribution is 2.36. The molecule has 0 saturated heterocycles. The van der Waals surface area contributed by atoms with Gasteiger partial charge in [0.2, 0.25) is 0 Å². The van der Waals surface area contributed by atoms with E-state index in [-0.39, 0.29) is 0 Å². The fourth-order valence-corrected chi connectivity index (χ4v) is 3.46. The molecule has 0 radical (unpaired) electrons. The zero-order valence-corrected chi connectivity index (χ0v) is 13.8. The summed E-state index contributed by atoms with van der Waals surface area (Å²) in [5, 5.41) is 6.30. The van der Waals surface area contributed by atoms with Crippen molar-refractivity contribution in [3.05, 3.63) is 40.9 Å². The Kier molecular flexibility index (Phi) is 3.76. The van der Waals surface area contributed by atoms with Crippen LogP contribution in [0.2, 0.25) is 0 Å². The molecule has 0 bridgehead atoms. The molecule has 2 heteroatoms. The second-order valence-corrected chi connectivity index (χ2v) is 7.70. The molecule has 0 aliphatic heterocycles. The molecular weight excluding hydrogens is 310 g/mol. The number of hydrogen-bond acceptors (Lipinski definition) is 1. The molecule has 0 unspecified atom stereocenters. The van der Waals surface area contributed by atoms with Crippen LogP contribution in [-0.4, -0.2) is 6.04 Å². The molecule has 1 aliphatic carbocycles. The van der Waals surface area contributed by atoms with E-state index in [2.05, 4.69) is 71.5 Å². The van der Waals surface area contributed by atoms with Gasteiger partial charge in [-0.2, -0.15) is 0 Å². The minimum Gasteiger partial charge on any atom is -0.382 e. The van der Waals surface area contributed by atoms with Crippen molar-refractivity contribution in [3.8, 4) is 0 Å². The Labute approximate surface area is 129 Å². The minimum atomic E-state index is 0.536. The molecule has 0 heterocycles. The number of fused-ring (bicyclic) bond motifs is 1. The fourth-order valence-electron chi connectivity index (χ4n) is 3.09. The van der Waals surface area contributed by atoms with Crippen molar-refractivity contribution in [3.63, 3.8) is 0 Å². The van der Waals surface area contributed by atoms with Gasteiger partial charge in [0.1, 0.15) is 0 Å². The van der Waals surface area contributed by atoms with Crippen molar-refractivity contribution in [1.29, 1.82) is 0 Å². The van der Waals surface area contributed by atoms with E-state index in [4.69, 9.17) is 0 Å². The largest absolute Gasteiger partial charge is 0.382 e. The third-order valence-corrected chi connectivity index (χ3v) is 5.01. The van der Waals surface area contributed by atoms with Gasteiger partial charge in [-0.15, -0.1) is 0 Å². The third kappa shape index (κ3) is 3.17. The molecular formula is C18H22BrN. The number of rotatable bonds is 2. The Morgan fingerprint density at radius 2 is 1.65 bits per heavy atom. The van der Waals surface area contributed by atoms with E-state index < -0.39 is 0 Å². The smallest absolute Gasteiger partial charge is 0.0348 e. The standard InChI is InChI=1S/C18H22BrN/c1-18(2)9-7-16(8-10-18)20-17-6-4-13-11-15(19)5-3-14(13)12-17/h3-6,11-12,16,20H,7-10H2,1-2H3. The number of anilines is 1. The van der Waals surface area contributed by atoms with E-state index in [0.717, 1.165) is 4.47 Å². The van der Waals surface area contributed by atoms with Crippen molar-refractivity contribution in [2.24, 2.45) is 5.41 Å². The zero-order valence-electron chi connectivity index (χ0n) is 12.2. The first-order chi connectivity index (χ1) is 9.52. The van der Waals surface area contributed by atoms with Crippen molar-refractivity contribution >= 4 is 32.4 Å². The van der Waals surface area contributed by atoms with Gasteiger partial charge in [-0.3, -0.25) is 0 Å². The lowest BCUT2D eigenvalue weighted by molar-refractivity contribution is 0.232. The lowest BCUT2D eigenvalue weighted by Gasteiger charge is -2.35. The van der Waals surface area contributed by atoms with E-state index in [1.165, 1.54) is 42.1 Å². The maximum atomic E-state index is 3.71. The molecule has 1 N–H and O–H groups in total. The second-order valence-electron chi connectivity index (χ2n) is 6.79. The van der Waals surface area contributed by atoms with Crippen molar-refractivity contribution < 1.29 is 0 Å². The van der Waals surface area contributed by atoms with Crippen LogP contribution in [0.15, 0.2) is 40.9 Å². The average molecular weight is 332 g/mol. The first-order valence-electron chi connectivity index (χ1n) is 7.48. The van der Waals surface area contributed by atoms with Crippen LogP contribution >= 0.6 is 15.9 Å². The molecule has 0 atom stereocenters. The van der Waals surface area contributed by atoms with Crippen LogP contribution in [0.25, 0.3) is 10.8 Å². The van der Waals surface area contributed by atoms with Crippen LogP contribution in [0, 0.1) is 5.41 Å². The highest BCUT2D eigenvalue weighted by Gasteiger charge is 2.26. The summed E-state index contributed by atoms with van der Waals surface area (Å²) in [4.78, 5) is 0. The first-order valence-corrected chi connectivity index (χ1v) is 8.27. The molecule has 1 aliphatic rings. The Bertz CT molecular complexity index is 608. The summed E-state index contributed by atoms with van der Waals surface area (Å²) < 4.78 is 1.14. The van der Waals surface area contributed by atoms with Gasteiger partial charge in [-0.05, 0) is 66.1 Å². The highest BCUT2D eigenvalue weighted by molar-refractivity contribution is 9.10. The SMILES string of the molecule is CC1(C)CCC(Nc2ccc3cc(Br)ccc3c2)CC1. The summed E-state index contributed by atoms with van der Waals surface area (Å²) in [6.45, 7) is 4.77. The number of benzene rings is 2. The molecule has 0 aromatic heterocycles. The monoisotopic (exact) mass is 331 g/mol. The quantitative estimate of drug-likeness (QED) is 0.713. The minimum absolute atomic E-state index is 0.536. The maximum Gasteiger partial charge on any atom is 0.0348 e. The van der Waals surface area contributed by atoms with Crippen LogP contribution in [0.1, 0.15) is 39.5 Å². The van der Waals surface area contributed by atoms with Gasteiger partial charge < -0.3 is 5.32 Å². The second kappa shape index (κ2) is 5.40. The Hall–Kier alpha value is -1.02. The maximum absolute atomic E-state index is 3.71. The predicted molar refractivity (Wildman–Crippen MR) is 91.3 cm³/mol. The van der Waals surface area contributed by atoms with Crippen molar-refractivity contribution in [1.82, 2.24) is 0 Å². The molecule has 106 valence electrons. The molecule has 1 saturated carbocycles. The fraction of sp³-hybridized carbons (Fsp3) is 0.444. The summed E-state index contributed by atoms with van der Waals surface area (Å²) in [5.74, 6) is 0. The summed E-state index contributed by atoms with van der Waals surface area (Å²) in [6, 6.07) is 13.8. The van der Waals surface area contributed by atoms with Crippen LogP contribution in [0.5, 0.6) is 0 Å². The average Bonchev–Trinajstić information content (AvgIpc) is 2.41. The van der Waals surface area contributed by atoms with Gasteiger partial charge in [-0.25, -0.2) is 0 Å². The van der Waals surface area contributed by atoms with Gasteiger partial charge in [-0.1, -0.05) is 41.9 Å². The van der Waals surface area contributed by atoms with E-state index in [1.54, 1.807) is 0 Å². The summed E-state index contributed by atoms with van der Waals surface area (Å²) >= 11 is 3.53. The normalized spacial score (nSPS) is 19.1. The van der Waals surface area contributed by atoms with Gasteiger partial charge in [0.15, 0.2) is 0 Å². The van der Waals surface area contributed by atoms with Crippen LogP contribution < -0.4 is 5.32 Å². The molecule has 20 heavy (non-hydrogen) atoms. The molecule has 2 aromatic carbocycles. The van der Waals surface area contributed by atoms with Gasteiger partial charge >= 0.3 is 0 Å². The van der Waals surface area contributed by atoms with Crippen molar-refractivity contribution in [2.45, 2.75) is 45.6 Å². The summed E-state index contributed by atoms with van der Waals surface area (Å²) in [6.07, 6.45) is 5.22. The summed E-state index contributed by atoms with van der Waals surface area (Å²) in [5.41, 5.74) is 1.79. The van der Waals surface area contributed by atoms with Crippen molar-refractivity contribution in [2.75, 3.05) is 5.32 Å². The predicted octanol–water partition coefficient (Wildman–Crippen LogP) is 5.98. The molecule has 1 nitrogen and oxygen atoms in total. The van der Waals surface area contributed by atoms with E-state index in [0.29, 0.717) is 11.5 Å². The highest BCUT2D eigenvalue weighted by atomic mass is 79.9. The molecule has 0 amide bonds. The lowest BCUT2D eigenvalue weighted by Crippen LogP contribution is -2.29. The van der Waals surface area contributed by atoms with Crippen LogP contribution in [0.3, 0.4) is 0 Å². The molecule has 1 fully saturated rings. The third-order valence-electron chi connectivity index (χ3n) is 4.51. The van der Waals surface area contributed by atoms with Gasteiger partial charge in [0, 0.05) is 16.2 Å². The van der Waals surface area contributed by atoms with Gasteiger partial charge in [0.25, 0.3) is 0 Å². The molecule has 2 aromatic rings. The molecule has 0 spiro atoms. The van der Waals surface area contributed by atoms with Gasteiger partial charge in [0.05, 0.1) is 0 Å². The Balaban J connectivity index is 1.73. The van der Waals surface area contributed by atoms with Crippen LogP contribution in [0.4, 0.5) is 5.69 Å². The topological polar surface area (TPSA) is 12.0 Å².